The summed E-state index contributed by atoms with van der Waals surface area (Å²) in [4.78, 5) is 72.4. The number of unbranched alkanes of at least 4 members (excludes halogenated alkanes) is 27. The first-order valence-corrected chi connectivity index (χ1v) is 37.7. The molecule has 512 valence electrons. The van der Waals surface area contributed by atoms with E-state index in [4.69, 9.17) is 37.0 Å². The number of aliphatic hydroxyl groups excluding tert-OH is 1. The van der Waals surface area contributed by atoms with Crippen LogP contribution >= 0.6 is 15.6 Å². The van der Waals surface area contributed by atoms with E-state index < -0.39 is 97.5 Å². The predicted octanol–water partition coefficient (Wildman–Crippen LogP) is 18.6. The highest BCUT2D eigenvalue weighted by molar-refractivity contribution is 7.47. The molecule has 0 heterocycles. The van der Waals surface area contributed by atoms with E-state index in [-0.39, 0.29) is 25.7 Å². The fourth-order valence-electron chi connectivity index (χ4n) is 9.58. The van der Waals surface area contributed by atoms with Crippen LogP contribution in [0.25, 0.3) is 0 Å². The zero-order chi connectivity index (χ0) is 64.5. The van der Waals surface area contributed by atoms with Crippen LogP contribution in [0, 0.1) is 17.8 Å². The zero-order valence-electron chi connectivity index (χ0n) is 56.0. The largest absolute Gasteiger partial charge is 0.472 e. The minimum Gasteiger partial charge on any atom is -0.462 e. The third kappa shape index (κ3) is 59.6. The molecular formula is C68H128O17P2. The van der Waals surface area contributed by atoms with Crippen LogP contribution in [0.2, 0.25) is 0 Å². The average Bonchev–Trinajstić information content (AvgIpc) is 3.71. The molecule has 17 nitrogen and oxygen atoms in total. The van der Waals surface area contributed by atoms with Crippen molar-refractivity contribution in [1.29, 1.82) is 0 Å². The number of phosphoric ester groups is 2. The molecule has 0 aliphatic rings. The second-order valence-electron chi connectivity index (χ2n) is 24.8. The van der Waals surface area contributed by atoms with Gasteiger partial charge < -0.3 is 33.8 Å². The number of allylic oxidation sites excluding steroid dienone is 4. The molecule has 0 aliphatic heterocycles. The second-order valence-corrected chi connectivity index (χ2v) is 27.7. The molecule has 0 bridgehead atoms. The molecule has 0 fully saturated rings. The van der Waals surface area contributed by atoms with Crippen molar-refractivity contribution in [2.24, 2.45) is 17.8 Å². The third-order valence-corrected chi connectivity index (χ3v) is 17.6. The van der Waals surface area contributed by atoms with Crippen LogP contribution in [0.4, 0.5) is 0 Å². The lowest BCUT2D eigenvalue weighted by Gasteiger charge is -2.21. The lowest BCUT2D eigenvalue weighted by molar-refractivity contribution is -0.161. The van der Waals surface area contributed by atoms with Crippen LogP contribution in [0.5, 0.6) is 0 Å². The molecule has 0 aromatic carbocycles. The van der Waals surface area contributed by atoms with E-state index in [0.29, 0.717) is 25.7 Å². The van der Waals surface area contributed by atoms with Crippen molar-refractivity contribution in [2.45, 2.75) is 330 Å². The Labute approximate surface area is 529 Å². The maximum atomic E-state index is 13.0. The van der Waals surface area contributed by atoms with Gasteiger partial charge in [-0.3, -0.25) is 37.3 Å². The molecule has 0 rings (SSSR count). The Bertz CT molecular complexity index is 1810. The Morgan fingerprint density at radius 2 is 0.678 bits per heavy atom. The van der Waals surface area contributed by atoms with E-state index >= 15 is 0 Å². The van der Waals surface area contributed by atoms with Crippen LogP contribution in [0.1, 0.15) is 312 Å². The quantitative estimate of drug-likeness (QED) is 0.0169. The number of phosphoric acid groups is 2. The highest BCUT2D eigenvalue weighted by Crippen LogP contribution is 2.45. The standard InChI is InChI=1S/C68H128O17P2/c1-8-11-12-13-14-15-16-17-18-19-20-23-26-37-44-51-67(72)84-63(55-78-65(70)49-42-35-30-28-33-40-47-60(6)9-2)57-82-86(74,75)80-53-62(69)54-81-87(76,77)83-58-64(56-79-66(71)50-43-36-31-29-34-41-48-61(7)10-3)85-68(73)52-45-38-27-24-21-22-25-32-39-46-59(4)5/h15-18,59-64,69H,8-14,19-58H2,1-7H3,(H,74,75)(H,76,77)/b16-15-,18-17-/t60?,61?,62-,63-,64-/m1/s1. The lowest BCUT2D eigenvalue weighted by Crippen LogP contribution is -2.30. The minimum absolute atomic E-state index is 0.0834. The van der Waals surface area contributed by atoms with E-state index in [2.05, 4.69) is 72.8 Å². The van der Waals surface area contributed by atoms with Crippen molar-refractivity contribution >= 4 is 39.5 Å². The topological polar surface area (TPSA) is 237 Å². The second kappa shape index (κ2) is 58.6. The van der Waals surface area contributed by atoms with E-state index in [0.717, 1.165) is 133 Å². The minimum atomic E-state index is -4.96. The van der Waals surface area contributed by atoms with E-state index in [1.54, 1.807) is 0 Å². The molecule has 0 aliphatic carbocycles. The Morgan fingerprint density at radius 1 is 0.379 bits per heavy atom. The molecule has 0 amide bonds. The molecule has 0 saturated carbocycles. The Kier molecular flexibility index (Phi) is 57.0. The van der Waals surface area contributed by atoms with Crippen LogP contribution in [-0.4, -0.2) is 96.7 Å². The van der Waals surface area contributed by atoms with Crippen LogP contribution in [0.15, 0.2) is 24.3 Å². The highest BCUT2D eigenvalue weighted by atomic mass is 31.2. The summed E-state index contributed by atoms with van der Waals surface area (Å²) in [6.07, 6.45) is 44.0. The SMILES string of the molecule is CCCCCC/C=C\C=C/CCCCCCCC(=O)O[C@H](COC(=O)CCCCCCCCC(C)CC)COP(=O)(O)OC[C@@H](O)COP(=O)(O)OC[C@@H](COC(=O)CCCCCCCCC(C)CC)OC(=O)CCCCCCCCCCCC(C)C. The van der Waals surface area contributed by atoms with Gasteiger partial charge >= 0.3 is 39.5 Å². The predicted molar refractivity (Wildman–Crippen MR) is 349 cm³/mol. The molecule has 3 N–H and O–H groups in total. The number of ether oxygens (including phenoxy) is 4. The fourth-order valence-corrected chi connectivity index (χ4v) is 11.2. The van der Waals surface area contributed by atoms with Gasteiger partial charge in [-0.1, -0.05) is 259 Å². The van der Waals surface area contributed by atoms with Gasteiger partial charge in [0, 0.05) is 25.7 Å². The first-order valence-electron chi connectivity index (χ1n) is 34.7. The molecular weight excluding hydrogens is 1150 g/mol. The van der Waals surface area contributed by atoms with Gasteiger partial charge in [0.25, 0.3) is 0 Å². The average molecular weight is 1280 g/mol. The summed E-state index contributed by atoms with van der Waals surface area (Å²) in [5.74, 6) is 0.0280. The van der Waals surface area contributed by atoms with Gasteiger partial charge in [-0.25, -0.2) is 9.13 Å². The molecule has 0 aromatic rings. The maximum Gasteiger partial charge on any atom is 0.472 e. The monoisotopic (exact) mass is 1280 g/mol. The van der Waals surface area contributed by atoms with Gasteiger partial charge in [0.05, 0.1) is 26.4 Å². The lowest BCUT2D eigenvalue weighted by atomic mass is 10.00. The molecule has 0 spiro atoms. The number of carbonyl (C=O) groups is 4. The summed E-state index contributed by atoms with van der Waals surface area (Å²) in [5, 5.41) is 10.6. The van der Waals surface area contributed by atoms with E-state index in [9.17, 15) is 43.2 Å². The summed E-state index contributed by atoms with van der Waals surface area (Å²) in [6, 6.07) is 0. The first kappa shape index (κ1) is 84.5. The van der Waals surface area contributed by atoms with Crippen LogP contribution in [-0.2, 0) is 65.4 Å². The van der Waals surface area contributed by atoms with Crippen molar-refractivity contribution in [1.82, 2.24) is 0 Å². The Balaban J connectivity index is 5.30. The third-order valence-electron chi connectivity index (χ3n) is 15.7. The van der Waals surface area contributed by atoms with Gasteiger partial charge in [0.15, 0.2) is 12.2 Å². The number of rotatable bonds is 64. The van der Waals surface area contributed by atoms with Gasteiger partial charge in [-0.05, 0) is 69.1 Å². The first-order chi connectivity index (χ1) is 41.8. The molecule has 7 atom stereocenters. The van der Waals surface area contributed by atoms with Crippen molar-refractivity contribution in [3.05, 3.63) is 24.3 Å². The molecule has 0 radical (unpaired) electrons. The Hall–Kier alpha value is -2.46. The smallest absolute Gasteiger partial charge is 0.462 e. The number of hydrogen-bond acceptors (Lipinski definition) is 15. The van der Waals surface area contributed by atoms with Gasteiger partial charge in [0.1, 0.15) is 19.3 Å². The molecule has 0 aromatic heterocycles. The van der Waals surface area contributed by atoms with E-state index in [1.165, 1.54) is 96.3 Å². The summed E-state index contributed by atoms with van der Waals surface area (Å²) in [6.45, 7) is 11.6. The zero-order valence-corrected chi connectivity index (χ0v) is 57.7. The van der Waals surface area contributed by atoms with Gasteiger partial charge in [-0.15, -0.1) is 0 Å². The maximum absolute atomic E-state index is 13.0. The normalized spacial score (nSPS) is 15.1. The van der Waals surface area contributed by atoms with Crippen molar-refractivity contribution in [3.63, 3.8) is 0 Å². The van der Waals surface area contributed by atoms with Crippen molar-refractivity contribution < 1.29 is 80.2 Å². The molecule has 87 heavy (non-hydrogen) atoms. The van der Waals surface area contributed by atoms with Crippen LogP contribution < -0.4 is 0 Å². The summed E-state index contributed by atoms with van der Waals surface area (Å²) >= 11 is 0. The summed E-state index contributed by atoms with van der Waals surface area (Å²) in [5.41, 5.74) is 0. The number of carbonyl (C=O) groups excluding carboxylic acids is 4. The van der Waals surface area contributed by atoms with E-state index in [1.807, 2.05) is 0 Å². The van der Waals surface area contributed by atoms with Crippen LogP contribution in [0.3, 0.4) is 0 Å². The van der Waals surface area contributed by atoms with Crippen molar-refractivity contribution in [3.8, 4) is 0 Å². The number of hydrogen-bond donors (Lipinski definition) is 3. The van der Waals surface area contributed by atoms with Gasteiger partial charge in [0.2, 0.25) is 0 Å². The molecule has 0 saturated heterocycles. The van der Waals surface area contributed by atoms with Crippen molar-refractivity contribution in [2.75, 3.05) is 39.6 Å². The molecule has 19 heteroatoms. The molecule has 4 unspecified atom stereocenters. The number of esters is 4. The highest BCUT2D eigenvalue weighted by Gasteiger charge is 2.30. The Morgan fingerprint density at radius 3 is 1.02 bits per heavy atom. The van der Waals surface area contributed by atoms with Gasteiger partial charge in [-0.2, -0.15) is 0 Å². The fraction of sp³-hybridized carbons (Fsp3) is 0.882. The summed E-state index contributed by atoms with van der Waals surface area (Å²) < 4.78 is 68.1. The summed E-state index contributed by atoms with van der Waals surface area (Å²) in [7, 11) is -9.91. The number of aliphatic hydroxyl groups is 1.